The molecule has 0 aromatic heterocycles. The van der Waals surface area contributed by atoms with Crippen molar-refractivity contribution in [2.75, 3.05) is 0 Å². The minimum absolute atomic E-state index is 0.162. The second-order valence-electron chi connectivity index (χ2n) is 2.70. The maximum Gasteiger partial charge on any atom is 0.0717 e. The van der Waals surface area contributed by atoms with E-state index in [0.29, 0.717) is 11.8 Å². The molecule has 1 saturated carbocycles. The van der Waals surface area contributed by atoms with E-state index in [2.05, 4.69) is 12.2 Å². The number of rotatable bonds is 0. The summed E-state index contributed by atoms with van der Waals surface area (Å²) in [7, 11) is 0. The molecule has 0 heterocycles. The summed E-state index contributed by atoms with van der Waals surface area (Å²) >= 11 is 11.1. The zero-order valence-electron chi connectivity index (χ0n) is 4.88. The van der Waals surface area contributed by atoms with Crippen LogP contribution in [0.2, 0.25) is 0 Å². The standard InChI is InChI=1S/C7H7ClS/c8-6-4-1-2-5(3-4)7(6)9/h1-2,4-6H,3H2. The average Bonchev–Trinajstić information content (AvgIpc) is 2.37. The first-order valence-electron chi connectivity index (χ1n) is 3.15. The summed E-state index contributed by atoms with van der Waals surface area (Å²) in [5.41, 5.74) is 0. The summed E-state index contributed by atoms with van der Waals surface area (Å²) in [6, 6.07) is 0. The van der Waals surface area contributed by atoms with Crippen molar-refractivity contribution in [1.29, 1.82) is 0 Å². The Bertz CT molecular complexity index is 185. The Morgan fingerprint density at radius 3 is 2.67 bits per heavy atom. The lowest BCUT2D eigenvalue weighted by Gasteiger charge is -2.09. The second kappa shape index (κ2) is 1.80. The van der Waals surface area contributed by atoms with Gasteiger partial charge in [0.2, 0.25) is 0 Å². The average molecular weight is 159 g/mol. The highest BCUT2D eigenvalue weighted by atomic mass is 35.5. The zero-order valence-corrected chi connectivity index (χ0v) is 6.45. The first-order chi connectivity index (χ1) is 4.29. The largest absolute Gasteiger partial charge is 0.117 e. The van der Waals surface area contributed by atoms with E-state index in [1.54, 1.807) is 0 Å². The van der Waals surface area contributed by atoms with Gasteiger partial charge < -0.3 is 0 Å². The van der Waals surface area contributed by atoms with Crippen LogP contribution in [0, 0.1) is 11.8 Å². The van der Waals surface area contributed by atoms with Gasteiger partial charge in [-0.05, 0) is 12.3 Å². The van der Waals surface area contributed by atoms with Crippen LogP contribution in [0.5, 0.6) is 0 Å². The number of hydrogen-bond acceptors (Lipinski definition) is 1. The Balaban J connectivity index is 2.36. The molecule has 2 aliphatic carbocycles. The van der Waals surface area contributed by atoms with Gasteiger partial charge in [-0.15, -0.1) is 11.6 Å². The van der Waals surface area contributed by atoms with E-state index < -0.39 is 0 Å². The van der Waals surface area contributed by atoms with Crippen LogP contribution >= 0.6 is 23.8 Å². The first-order valence-corrected chi connectivity index (χ1v) is 3.99. The Kier molecular flexibility index (Phi) is 1.17. The van der Waals surface area contributed by atoms with Crippen LogP contribution in [0.4, 0.5) is 0 Å². The number of thiocarbonyl (C=S) groups is 1. The predicted octanol–water partition coefficient (Wildman–Crippen LogP) is 2.17. The van der Waals surface area contributed by atoms with E-state index in [9.17, 15) is 0 Å². The van der Waals surface area contributed by atoms with Crippen molar-refractivity contribution in [3.63, 3.8) is 0 Å². The van der Waals surface area contributed by atoms with Gasteiger partial charge in [0.05, 0.1) is 5.38 Å². The smallest absolute Gasteiger partial charge is 0.0717 e. The lowest BCUT2D eigenvalue weighted by atomic mass is 10.1. The van der Waals surface area contributed by atoms with Crippen LogP contribution in [0.3, 0.4) is 0 Å². The fraction of sp³-hybridized carbons (Fsp3) is 0.571. The number of allylic oxidation sites excluding steroid dienone is 2. The third-order valence-corrected chi connectivity index (χ3v) is 3.37. The lowest BCUT2D eigenvalue weighted by molar-refractivity contribution is 0.697. The normalized spacial score (nSPS) is 46.8. The summed E-state index contributed by atoms with van der Waals surface area (Å²) in [4.78, 5) is 1.06. The Labute approximate surface area is 64.9 Å². The molecule has 0 radical (unpaired) electrons. The molecular weight excluding hydrogens is 152 g/mol. The summed E-state index contributed by atoms with van der Waals surface area (Å²) in [6.45, 7) is 0. The molecule has 2 bridgehead atoms. The van der Waals surface area contributed by atoms with Gasteiger partial charge in [0.15, 0.2) is 0 Å². The van der Waals surface area contributed by atoms with Gasteiger partial charge in [-0.3, -0.25) is 0 Å². The van der Waals surface area contributed by atoms with Crippen molar-refractivity contribution in [3.05, 3.63) is 12.2 Å². The number of halogens is 1. The van der Waals surface area contributed by atoms with E-state index in [1.165, 1.54) is 6.42 Å². The second-order valence-corrected chi connectivity index (χ2v) is 3.64. The Morgan fingerprint density at radius 2 is 2.33 bits per heavy atom. The van der Waals surface area contributed by atoms with Gasteiger partial charge in [-0.25, -0.2) is 0 Å². The number of fused-ring (bicyclic) bond motifs is 2. The van der Waals surface area contributed by atoms with E-state index in [1.807, 2.05) is 0 Å². The van der Waals surface area contributed by atoms with Gasteiger partial charge in [0.1, 0.15) is 0 Å². The number of hydrogen-bond donors (Lipinski definition) is 0. The van der Waals surface area contributed by atoms with Crippen LogP contribution in [-0.2, 0) is 0 Å². The SMILES string of the molecule is S=C1C2C=CC(C2)C1Cl. The van der Waals surface area contributed by atoms with Gasteiger partial charge >= 0.3 is 0 Å². The van der Waals surface area contributed by atoms with Crippen molar-refractivity contribution in [3.8, 4) is 0 Å². The van der Waals surface area contributed by atoms with Crippen molar-refractivity contribution < 1.29 is 0 Å². The Morgan fingerprint density at radius 1 is 1.56 bits per heavy atom. The summed E-state index contributed by atoms with van der Waals surface area (Å²) in [5.74, 6) is 1.09. The topological polar surface area (TPSA) is 0 Å². The molecule has 48 valence electrons. The van der Waals surface area contributed by atoms with Crippen LogP contribution in [-0.4, -0.2) is 10.2 Å². The molecule has 0 N–H and O–H groups in total. The summed E-state index contributed by atoms with van der Waals surface area (Å²) < 4.78 is 0. The molecule has 0 nitrogen and oxygen atoms in total. The third kappa shape index (κ3) is 0.682. The molecule has 9 heavy (non-hydrogen) atoms. The van der Waals surface area contributed by atoms with Crippen molar-refractivity contribution >= 4 is 28.7 Å². The van der Waals surface area contributed by atoms with E-state index >= 15 is 0 Å². The highest BCUT2D eigenvalue weighted by molar-refractivity contribution is 7.80. The van der Waals surface area contributed by atoms with E-state index in [4.69, 9.17) is 23.8 Å². The maximum atomic E-state index is 5.97. The van der Waals surface area contributed by atoms with Gasteiger partial charge in [0, 0.05) is 10.8 Å². The molecule has 2 aliphatic rings. The molecule has 2 rings (SSSR count). The quantitative estimate of drug-likeness (QED) is 0.296. The van der Waals surface area contributed by atoms with E-state index in [-0.39, 0.29) is 5.38 Å². The Hall–Kier alpha value is 0.120. The highest BCUT2D eigenvalue weighted by Crippen LogP contribution is 2.40. The fourth-order valence-electron chi connectivity index (χ4n) is 1.57. The number of alkyl halides is 1. The zero-order chi connectivity index (χ0) is 6.43. The molecule has 0 amide bonds. The summed E-state index contributed by atoms with van der Waals surface area (Å²) in [5, 5.41) is 0.162. The lowest BCUT2D eigenvalue weighted by Crippen LogP contribution is -2.16. The molecule has 0 spiro atoms. The molecule has 0 aliphatic heterocycles. The fourth-order valence-corrected chi connectivity index (χ4v) is 2.27. The minimum atomic E-state index is 0.162. The van der Waals surface area contributed by atoms with Gasteiger partial charge in [-0.1, -0.05) is 24.4 Å². The predicted molar refractivity (Wildman–Crippen MR) is 43.0 cm³/mol. The molecule has 0 saturated heterocycles. The van der Waals surface area contributed by atoms with E-state index in [0.717, 1.165) is 4.86 Å². The van der Waals surface area contributed by atoms with Crippen LogP contribution in [0.25, 0.3) is 0 Å². The molecule has 0 aromatic rings. The van der Waals surface area contributed by atoms with Gasteiger partial charge in [0.25, 0.3) is 0 Å². The molecule has 2 heteroatoms. The minimum Gasteiger partial charge on any atom is -0.117 e. The van der Waals surface area contributed by atoms with Crippen LogP contribution < -0.4 is 0 Å². The molecule has 3 unspecified atom stereocenters. The molecular formula is C7H7ClS. The summed E-state index contributed by atoms with van der Waals surface area (Å²) in [6.07, 6.45) is 5.55. The van der Waals surface area contributed by atoms with Crippen molar-refractivity contribution in [1.82, 2.24) is 0 Å². The molecule has 1 fully saturated rings. The molecule has 0 aromatic carbocycles. The highest BCUT2D eigenvalue weighted by Gasteiger charge is 2.38. The van der Waals surface area contributed by atoms with Gasteiger partial charge in [-0.2, -0.15) is 0 Å². The molecule has 3 atom stereocenters. The third-order valence-electron chi connectivity index (χ3n) is 2.13. The monoisotopic (exact) mass is 158 g/mol. The van der Waals surface area contributed by atoms with Crippen molar-refractivity contribution in [2.24, 2.45) is 11.8 Å². The van der Waals surface area contributed by atoms with Crippen LogP contribution in [0.1, 0.15) is 6.42 Å². The van der Waals surface area contributed by atoms with Crippen molar-refractivity contribution in [2.45, 2.75) is 11.8 Å². The first kappa shape index (κ1) is 5.87. The van der Waals surface area contributed by atoms with Crippen LogP contribution in [0.15, 0.2) is 12.2 Å². The maximum absolute atomic E-state index is 5.97.